The van der Waals surface area contributed by atoms with Gasteiger partial charge in [0.15, 0.2) is 0 Å². The average molecular weight is 357 g/mol. The summed E-state index contributed by atoms with van der Waals surface area (Å²) in [6.07, 6.45) is 0. The Morgan fingerprint density at radius 3 is 2.29 bits per heavy atom. The molecule has 9 heteroatoms. The van der Waals surface area contributed by atoms with E-state index in [0.717, 1.165) is 24.3 Å². The first-order chi connectivity index (χ1) is 9.86. The van der Waals surface area contributed by atoms with Crippen LogP contribution in [0.25, 0.3) is 0 Å². The van der Waals surface area contributed by atoms with Gasteiger partial charge in [0.2, 0.25) is 0 Å². The van der Waals surface area contributed by atoms with Gasteiger partial charge in [0.1, 0.15) is 17.3 Å². The van der Waals surface area contributed by atoms with Gasteiger partial charge in [0.05, 0.1) is 32.5 Å². The topological polar surface area (TPSA) is 95.5 Å². The van der Waals surface area contributed by atoms with Crippen molar-refractivity contribution >= 4 is 27.3 Å². The van der Waals surface area contributed by atoms with Crippen molar-refractivity contribution in [2.75, 3.05) is 0 Å². The van der Waals surface area contributed by atoms with E-state index < -0.39 is 21.4 Å². The summed E-state index contributed by atoms with van der Waals surface area (Å²) in [5, 5.41) is 21.4. The van der Waals surface area contributed by atoms with Crippen molar-refractivity contribution < 1.29 is 19.0 Å². The van der Waals surface area contributed by atoms with Crippen LogP contribution in [0.15, 0.2) is 40.9 Å². The number of nitro groups is 2. The number of hydrogen-bond donors (Lipinski definition) is 0. The first-order valence-electron chi connectivity index (χ1n) is 5.43. The Morgan fingerprint density at radius 1 is 1.00 bits per heavy atom. The quantitative estimate of drug-likeness (QED) is 0.604. The maximum Gasteiger partial charge on any atom is 0.276 e. The molecule has 2 aromatic carbocycles. The summed E-state index contributed by atoms with van der Waals surface area (Å²) < 4.78 is 19.0. The minimum atomic E-state index is -0.847. The number of nitro benzene ring substituents is 2. The lowest BCUT2D eigenvalue weighted by Gasteiger charge is -2.07. The van der Waals surface area contributed by atoms with E-state index in [9.17, 15) is 24.6 Å². The Kier molecular flexibility index (Phi) is 4.13. The van der Waals surface area contributed by atoms with Crippen LogP contribution in [-0.2, 0) is 0 Å². The monoisotopic (exact) mass is 356 g/mol. The van der Waals surface area contributed by atoms with E-state index in [1.165, 1.54) is 12.1 Å². The standard InChI is InChI=1S/C12H6BrFN2O5/c13-11-2-1-8(15(17)18)6-12(11)21-10-4-7(14)3-9(5-10)16(19)20/h1-6H. The molecule has 108 valence electrons. The molecule has 0 aliphatic carbocycles. The summed E-state index contributed by atoms with van der Waals surface area (Å²) >= 11 is 3.13. The molecule has 0 aliphatic heterocycles. The Morgan fingerprint density at radius 2 is 1.67 bits per heavy atom. The molecule has 0 atom stereocenters. The van der Waals surface area contributed by atoms with Crippen LogP contribution in [0.2, 0.25) is 0 Å². The molecule has 0 unspecified atom stereocenters. The Balaban J connectivity index is 2.40. The van der Waals surface area contributed by atoms with Gasteiger partial charge in [-0.25, -0.2) is 4.39 Å². The number of ether oxygens (including phenoxy) is 1. The molecule has 0 aliphatic rings. The summed E-state index contributed by atoms with van der Waals surface area (Å²) in [5.41, 5.74) is -0.703. The molecule has 0 radical (unpaired) electrons. The molecule has 0 saturated heterocycles. The van der Waals surface area contributed by atoms with Gasteiger partial charge in [0.25, 0.3) is 11.4 Å². The van der Waals surface area contributed by atoms with Crippen LogP contribution in [0.3, 0.4) is 0 Å². The first-order valence-corrected chi connectivity index (χ1v) is 6.23. The molecule has 0 spiro atoms. The average Bonchev–Trinajstić information content (AvgIpc) is 2.40. The summed E-state index contributed by atoms with van der Waals surface area (Å²) in [7, 11) is 0. The summed E-state index contributed by atoms with van der Waals surface area (Å²) in [5.74, 6) is -0.937. The SMILES string of the molecule is O=[N+]([O-])c1cc(F)cc(Oc2cc([N+](=O)[O-])ccc2Br)c1. The van der Waals surface area contributed by atoms with E-state index >= 15 is 0 Å². The maximum absolute atomic E-state index is 13.3. The van der Waals surface area contributed by atoms with E-state index in [1.807, 2.05) is 0 Å². The molecule has 0 saturated carbocycles. The normalized spacial score (nSPS) is 10.2. The zero-order chi connectivity index (χ0) is 15.6. The van der Waals surface area contributed by atoms with Gasteiger partial charge in [-0.3, -0.25) is 20.2 Å². The summed E-state index contributed by atoms with van der Waals surface area (Å²) in [6.45, 7) is 0. The fourth-order valence-corrected chi connectivity index (χ4v) is 1.85. The molecule has 21 heavy (non-hydrogen) atoms. The Hall–Kier alpha value is -2.55. The predicted molar refractivity (Wildman–Crippen MR) is 73.9 cm³/mol. The maximum atomic E-state index is 13.3. The highest BCUT2D eigenvalue weighted by Crippen LogP contribution is 2.34. The number of hydrogen-bond acceptors (Lipinski definition) is 5. The van der Waals surface area contributed by atoms with Crippen molar-refractivity contribution in [2.45, 2.75) is 0 Å². The van der Waals surface area contributed by atoms with Crippen molar-refractivity contribution in [3.63, 3.8) is 0 Å². The first kappa shape index (κ1) is 14.9. The minimum absolute atomic E-state index is 0.0455. The van der Waals surface area contributed by atoms with Crippen molar-refractivity contribution in [2.24, 2.45) is 0 Å². The zero-order valence-corrected chi connectivity index (χ0v) is 11.7. The van der Waals surface area contributed by atoms with Gasteiger partial charge in [-0.2, -0.15) is 0 Å². The fourth-order valence-electron chi connectivity index (χ4n) is 1.52. The second kappa shape index (κ2) is 5.83. The van der Waals surface area contributed by atoms with Crippen molar-refractivity contribution in [1.29, 1.82) is 0 Å². The van der Waals surface area contributed by atoms with Crippen molar-refractivity contribution in [1.82, 2.24) is 0 Å². The van der Waals surface area contributed by atoms with E-state index in [0.29, 0.717) is 4.47 Å². The third-order valence-corrected chi connectivity index (χ3v) is 3.08. The second-order valence-electron chi connectivity index (χ2n) is 3.88. The molecule has 2 rings (SSSR count). The molecule has 0 heterocycles. The van der Waals surface area contributed by atoms with Crippen LogP contribution in [-0.4, -0.2) is 9.85 Å². The van der Waals surface area contributed by atoms with Gasteiger partial charge in [0, 0.05) is 12.1 Å². The third kappa shape index (κ3) is 3.51. The van der Waals surface area contributed by atoms with Crippen molar-refractivity contribution in [3.05, 3.63) is 66.9 Å². The molecular formula is C12H6BrFN2O5. The van der Waals surface area contributed by atoms with Crippen LogP contribution in [0.1, 0.15) is 0 Å². The van der Waals surface area contributed by atoms with Crippen molar-refractivity contribution in [3.8, 4) is 11.5 Å². The number of rotatable bonds is 4. The third-order valence-electron chi connectivity index (χ3n) is 2.42. The summed E-state index contributed by atoms with van der Waals surface area (Å²) in [4.78, 5) is 20.0. The van der Waals surface area contributed by atoms with Gasteiger partial charge in [-0.15, -0.1) is 0 Å². The molecular weight excluding hydrogens is 351 g/mol. The van der Waals surface area contributed by atoms with Gasteiger partial charge >= 0.3 is 0 Å². The number of benzene rings is 2. The van der Waals surface area contributed by atoms with Crippen LogP contribution in [0, 0.1) is 26.0 Å². The number of non-ortho nitro benzene ring substituents is 2. The van der Waals surface area contributed by atoms with E-state index in [-0.39, 0.29) is 17.2 Å². The van der Waals surface area contributed by atoms with Crippen LogP contribution < -0.4 is 4.74 Å². The highest BCUT2D eigenvalue weighted by molar-refractivity contribution is 9.10. The molecule has 0 aromatic heterocycles. The number of halogens is 2. The molecule has 2 aromatic rings. The van der Waals surface area contributed by atoms with Crippen LogP contribution in [0.5, 0.6) is 11.5 Å². The van der Waals surface area contributed by atoms with E-state index in [4.69, 9.17) is 4.74 Å². The van der Waals surface area contributed by atoms with Gasteiger partial charge in [-0.05, 0) is 22.0 Å². The van der Waals surface area contributed by atoms with Gasteiger partial charge in [-0.1, -0.05) is 0 Å². The molecule has 0 fully saturated rings. The zero-order valence-electron chi connectivity index (χ0n) is 10.2. The summed E-state index contributed by atoms with van der Waals surface area (Å²) in [6, 6.07) is 6.48. The lowest BCUT2D eigenvalue weighted by molar-refractivity contribution is -0.385. The number of nitrogens with zero attached hydrogens (tertiary/aromatic N) is 2. The lowest BCUT2D eigenvalue weighted by Crippen LogP contribution is -1.93. The molecule has 7 nitrogen and oxygen atoms in total. The largest absolute Gasteiger partial charge is 0.456 e. The lowest BCUT2D eigenvalue weighted by atomic mass is 10.3. The fraction of sp³-hybridized carbons (Fsp3) is 0. The predicted octanol–water partition coefficient (Wildman–Crippen LogP) is 4.20. The molecule has 0 bridgehead atoms. The highest BCUT2D eigenvalue weighted by atomic mass is 79.9. The second-order valence-corrected chi connectivity index (χ2v) is 4.73. The highest BCUT2D eigenvalue weighted by Gasteiger charge is 2.14. The van der Waals surface area contributed by atoms with Crippen LogP contribution >= 0.6 is 15.9 Å². The molecule has 0 N–H and O–H groups in total. The molecule has 0 amide bonds. The Bertz CT molecular complexity index is 738. The minimum Gasteiger partial charge on any atom is -0.456 e. The Labute approximate surface area is 125 Å². The van der Waals surface area contributed by atoms with Gasteiger partial charge < -0.3 is 4.74 Å². The van der Waals surface area contributed by atoms with E-state index in [1.54, 1.807) is 0 Å². The van der Waals surface area contributed by atoms with Crippen LogP contribution in [0.4, 0.5) is 15.8 Å². The smallest absolute Gasteiger partial charge is 0.276 e. The van der Waals surface area contributed by atoms with E-state index in [2.05, 4.69) is 15.9 Å².